The maximum absolute atomic E-state index is 9.40. The summed E-state index contributed by atoms with van der Waals surface area (Å²) in [6.45, 7) is 1.47. The molecule has 0 amide bonds. The number of aliphatic hydroxyl groups excluding tert-OH is 1. The summed E-state index contributed by atoms with van der Waals surface area (Å²) in [4.78, 5) is 0. The second-order valence-electron chi connectivity index (χ2n) is 3.14. The van der Waals surface area contributed by atoms with E-state index in [1.54, 1.807) is 0 Å². The fraction of sp³-hybridized carbons (Fsp3) is 0.333. The van der Waals surface area contributed by atoms with Crippen molar-refractivity contribution in [1.82, 2.24) is 0 Å². The number of hydrogen-bond donors (Lipinski definition) is 5. The van der Waals surface area contributed by atoms with Crippen LogP contribution < -0.4 is 5.73 Å². The molecule has 0 radical (unpaired) electrons. The Hall–Kier alpha value is -1.46. The molecular weight excluding hydrogens is 186 g/mol. The average molecular weight is 199 g/mol. The summed E-state index contributed by atoms with van der Waals surface area (Å²) in [5, 5.41) is 36.8. The maximum atomic E-state index is 9.40. The molecule has 0 bridgehead atoms. The molecule has 5 heteroatoms. The highest BCUT2D eigenvalue weighted by atomic mass is 16.3. The average Bonchev–Trinajstić information content (AvgIpc) is 2.13. The van der Waals surface area contributed by atoms with Gasteiger partial charge < -0.3 is 26.2 Å². The zero-order chi connectivity index (χ0) is 10.9. The van der Waals surface area contributed by atoms with Gasteiger partial charge in [0.05, 0.1) is 12.1 Å². The molecule has 0 aliphatic rings. The third kappa shape index (κ3) is 1.73. The number of nitrogens with two attached hydrogens (primary N) is 1. The minimum atomic E-state index is -0.857. The lowest BCUT2D eigenvalue weighted by Crippen LogP contribution is -2.23. The summed E-state index contributed by atoms with van der Waals surface area (Å²) in [5.41, 5.74) is 5.74. The number of phenols is 3. The van der Waals surface area contributed by atoms with Gasteiger partial charge in [-0.05, 0) is 19.1 Å². The SMILES string of the molecule is CC(O)[C@@H](N)c1ccc(O)c(O)c1O. The fourth-order valence-electron chi connectivity index (χ4n) is 1.11. The molecule has 78 valence electrons. The van der Waals surface area contributed by atoms with Crippen molar-refractivity contribution < 1.29 is 20.4 Å². The molecular formula is C9H13NO4. The number of phenolic OH excluding ortho intramolecular Hbond substituents is 3. The molecule has 2 atom stereocenters. The molecule has 1 unspecified atom stereocenters. The van der Waals surface area contributed by atoms with Gasteiger partial charge in [0, 0.05) is 5.56 Å². The van der Waals surface area contributed by atoms with Crippen LogP contribution in [0.15, 0.2) is 12.1 Å². The van der Waals surface area contributed by atoms with Gasteiger partial charge in [-0.1, -0.05) is 0 Å². The van der Waals surface area contributed by atoms with E-state index in [-0.39, 0.29) is 5.56 Å². The van der Waals surface area contributed by atoms with Crippen LogP contribution in [0.2, 0.25) is 0 Å². The van der Waals surface area contributed by atoms with Crippen LogP contribution in [0.1, 0.15) is 18.5 Å². The highest BCUT2D eigenvalue weighted by molar-refractivity contribution is 5.54. The normalized spacial score (nSPS) is 15.1. The van der Waals surface area contributed by atoms with Crippen molar-refractivity contribution in [2.75, 3.05) is 0 Å². The standard InChI is InChI=1S/C9H13NO4/c1-4(11)7(10)5-2-3-6(12)9(14)8(5)13/h2-4,7,11-14H,10H2,1H3/t4?,7-/m1/s1. The molecule has 0 saturated heterocycles. The van der Waals surface area contributed by atoms with Crippen molar-refractivity contribution in [3.8, 4) is 17.2 Å². The Morgan fingerprint density at radius 1 is 1.14 bits per heavy atom. The zero-order valence-electron chi connectivity index (χ0n) is 7.68. The van der Waals surface area contributed by atoms with Gasteiger partial charge in [0.15, 0.2) is 11.5 Å². The Labute approximate surface area is 81.0 Å². The van der Waals surface area contributed by atoms with E-state index >= 15 is 0 Å². The number of aliphatic hydroxyl groups is 1. The smallest absolute Gasteiger partial charge is 0.200 e. The lowest BCUT2D eigenvalue weighted by molar-refractivity contribution is 0.162. The van der Waals surface area contributed by atoms with Crippen molar-refractivity contribution in [3.05, 3.63) is 17.7 Å². The third-order valence-corrected chi connectivity index (χ3v) is 2.04. The first-order valence-electron chi connectivity index (χ1n) is 4.12. The van der Waals surface area contributed by atoms with Crippen LogP contribution in [-0.4, -0.2) is 26.5 Å². The summed E-state index contributed by atoms with van der Waals surface area (Å²) >= 11 is 0. The molecule has 6 N–H and O–H groups in total. The quantitative estimate of drug-likeness (QED) is 0.437. The molecule has 0 aliphatic heterocycles. The Kier molecular flexibility index (Phi) is 2.83. The molecule has 0 fully saturated rings. The van der Waals surface area contributed by atoms with Crippen LogP contribution in [0, 0.1) is 0 Å². The molecule has 0 heterocycles. The van der Waals surface area contributed by atoms with Crippen LogP contribution >= 0.6 is 0 Å². The van der Waals surface area contributed by atoms with Crippen LogP contribution in [0.5, 0.6) is 17.2 Å². The molecule has 0 aliphatic carbocycles. The van der Waals surface area contributed by atoms with E-state index in [2.05, 4.69) is 0 Å². The Morgan fingerprint density at radius 2 is 1.71 bits per heavy atom. The summed E-state index contributed by atoms with van der Waals surface area (Å²) in [5.74, 6) is -1.55. The van der Waals surface area contributed by atoms with Crippen LogP contribution in [0.25, 0.3) is 0 Å². The second kappa shape index (κ2) is 3.73. The Bertz CT molecular complexity index is 338. The van der Waals surface area contributed by atoms with Gasteiger partial charge in [-0.3, -0.25) is 0 Å². The van der Waals surface area contributed by atoms with E-state index in [4.69, 9.17) is 10.8 Å². The van der Waals surface area contributed by atoms with Gasteiger partial charge in [-0.15, -0.1) is 0 Å². The highest BCUT2D eigenvalue weighted by Crippen LogP contribution is 2.39. The highest BCUT2D eigenvalue weighted by Gasteiger charge is 2.19. The van der Waals surface area contributed by atoms with E-state index in [1.807, 2.05) is 0 Å². The van der Waals surface area contributed by atoms with E-state index in [1.165, 1.54) is 19.1 Å². The van der Waals surface area contributed by atoms with Gasteiger partial charge in [-0.25, -0.2) is 0 Å². The predicted octanol–water partition coefficient (Wildman–Crippen LogP) is 0.184. The Morgan fingerprint density at radius 3 is 2.21 bits per heavy atom. The predicted molar refractivity (Wildman–Crippen MR) is 50.0 cm³/mol. The Balaban J connectivity index is 3.17. The van der Waals surface area contributed by atoms with Crippen molar-refractivity contribution in [2.24, 2.45) is 5.73 Å². The van der Waals surface area contributed by atoms with Gasteiger partial charge in [0.1, 0.15) is 0 Å². The summed E-state index contributed by atoms with van der Waals surface area (Å²) < 4.78 is 0. The summed E-state index contributed by atoms with van der Waals surface area (Å²) in [7, 11) is 0. The second-order valence-corrected chi connectivity index (χ2v) is 3.14. The van der Waals surface area contributed by atoms with Gasteiger partial charge >= 0.3 is 0 Å². The topological polar surface area (TPSA) is 107 Å². The van der Waals surface area contributed by atoms with E-state index in [0.717, 1.165) is 0 Å². The lowest BCUT2D eigenvalue weighted by Gasteiger charge is -2.17. The minimum Gasteiger partial charge on any atom is -0.504 e. The molecule has 1 aromatic carbocycles. The number of benzene rings is 1. The van der Waals surface area contributed by atoms with Gasteiger partial charge in [0.2, 0.25) is 5.75 Å². The molecule has 14 heavy (non-hydrogen) atoms. The molecule has 1 rings (SSSR count). The monoisotopic (exact) mass is 199 g/mol. The number of aromatic hydroxyl groups is 3. The largest absolute Gasteiger partial charge is 0.504 e. The van der Waals surface area contributed by atoms with Crippen LogP contribution in [0.3, 0.4) is 0 Å². The number of rotatable bonds is 2. The molecule has 5 nitrogen and oxygen atoms in total. The van der Waals surface area contributed by atoms with E-state index < -0.39 is 29.4 Å². The molecule has 1 aromatic rings. The zero-order valence-corrected chi connectivity index (χ0v) is 7.68. The van der Waals surface area contributed by atoms with E-state index in [0.29, 0.717) is 0 Å². The first-order valence-corrected chi connectivity index (χ1v) is 4.12. The van der Waals surface area contributed by atoms with Crippen LogP contribution in [0.4, 0.5) is 0 Å². The maximum Gasteiger partial charge on any atom is 0.200 e. The van der Waals surface area contributed by atoms with E-state index in [9.17, 15) is 15.3 Å². The van der Waals surface area contributed by atoms with Crippen molar-refractivity contribution >= 4 is 0 Å². The first-order chi connectivity index (χ1) is 6.45. The van der Waals surface area contributed by atoms with Gasteiger partial charge in [0.25, 0.3) is 0 Å². The minimum absolute atomic E-state index is 0.190. The number of hydrogen-bond acceptors (Lipinski definition) is 5. The summed E-state index contributed by atoms with van der Waals surface area (Å²) in [6, 6.07) is 1.75. The molecule has 0 saturated carbocycles. The third-order valence-electron chi connectivity index (χ3n) is 2.04. The van der Waals surface area contributed by atoms with Gasteiger partial charge in [-0.2, -0.15) is 0 Å². The van der Waals surface area contributed by atoms with Crippen molar-refractivity contribution in [1.29, 1.82) is 0 Å². The lowest BCUT2D eigenvalue weighted by atomic mass is 10.0. The van der Waals surface area contributed by atoms with Crippen molar-refractivity contribution in [2.45, 2.75) is 19.1 Å². The molecule has 0 aromatic heterocycles. The van der Waals surface area contributed by atoms with Crippen LogP contribution in [-0.2, 0) is 0 Å². The summed E-state index contributed by atoms with van der Waals surface area (Å²) in [6.07, 6.45) is -0.857. The van der Waals surface area contributed by atoms with Crippen molar-refractivity contribution in [3.63, 3.8) is 0 Å². The first kappa shape index (κ1) is 10.6. The fourth-order valence-corrected chi connectivity index (χ4v) is 1.11. The molecule has 0 spiro atoms.